The zero-order valence-electron chi connectivity index (χ0n) is 1.51. The van der Waals surface area contributed by atoms with Crippen molar-refractivity contribution in [1.82, 2.24) is 0 Å². The summed E-state index contributed by atoms with van der Waals surface area (Å²) < 4.78 is 0. The fraction of sp³-hybridized carbons (Fsp3) is 0. The molecule has 0 saturated heterocycles. The van der Waals surface area contributed by atoms with E-state index in [1.54, 1.807) is 0 Å². The summed E-state index contributed by atoms with van der Waals surface area (Å²) in [6.07, 6.45) is 0. The normalized spacial score (nSPS) is 0. The van der Waals surface area contributed by atoms with Crippen LogP contribution in [0.25, 0.3) is 0 Å². The van der Waals surface area contributed by atoms with Crippen LogP contribution in [0.3, 0.4) is 0 Å². The van der Waals surface area contributed by atoms with Crippen molar-refractivity contribution in [2.75, 3.05) is 0 Å². The van der Waals surface area contributed by atoms with Crippen LogP contribution in [-0.4, -0.2) is 0 Å². The van der Waals surface area contributed by atoms with Gasteiger partial charge in [0.25, 0.3) is 0 Å². The van der Waals surface area contributed by atoms with Crippen LogP contribution in [0.1, 0.15) is 0 Å². The molecule has 0 bridgehead atoms. The molecule has 4 heavy (non-hydrogen) atoms. The van der Waals surface area contributed by atoms with Gasteiger partial charge in [-0.1, -0.05) is 0 Å². The molecule has 0 saturated carbocycles. The van der Waals surface area contributed by atoms with E-state index in [0.29, 0.717) is 0 Å². The van der Waals surface area contributed by atoms with E-state index in [4.69, 9.17) is 0 Å². The number of rotatable bonds is 0. The first-order chi connectivity index (χ1) is 0. The fourth-order valence-corrected chi connectivity index (χ4v) is 0. The topological polar surface area (TPSA) is 57.0 Å². The maximum Gasteiger partial charge on any atom is 2.00 e. The monoisotopic (exact) mass is 282 g/mol. The molecule has 0 aliphatic carbocycles. The minimum Gasteiger partial charge on any atom is -2.00 e. The van der Waals surface area contributed by atoms with E-state index in [9.17, 15) is 0 Å². The smallest absolute Gasteiger partial charge is 2.00 e. The Morgan fingerprint density at radius 3 is 0.750 bits per heavy atom. The van der Waals surface area contributed by atoms with Gasteiger partial charge in [-0.2, -0.15) is 0 Å². The molecule has 0 rings (SSSR count). The minimum atomic E-state index is 0. The molecule has 0 aromatic heterocycles. The average molecular weight is 282 g/mol. The first-order valence-electron chi connectivity index (χ1n) is 0. The summed E-state index contributed by atoms with van der Waals surface area (Å²) in [5, 5.41) is 0. The molecule has 0 spiro atoms. The molecule has 1 radical (unpaired) electrons. The van der Waals surface area contributed by atoms with Gasteiger partial charge in [0.1, 0.15) is 0 Å². The van der Waals surface area contributed by atoms with Crippen LogP contribution < -0.4 is 0 Å². The van der Waals surface area contributed by atoms with Crippen LogP contribution in [0.2, 0.25) is 0 Å². The molecule has 0 aliphatic rings. The van der Waals surface area contributed by atoms with Crippen molar-refractivity contribution in [2.45, 2.75) is 0 Å². The molecule has 0 fully saturated rings. The molecule has 0 aromatic rings. The van der Waals surface area contributed by atoms with Crippen LogP contribution >= 0.6 is 0 Å². The van der Waals surface area contributed by atoms with Gasteiger partial charge in [-0.3, -0.25) is 0 Å². The van der Waals surface area contributed by atoms with E-state index in [1.807, 2.05) is 0 Å². The second-order valence-corrected chi connectivity index (χ2v) is 0. The molecular weight excluding hydrogens is 282 g/mol. The van der Waals surface area contributed by atoms with Gasteiger partial charge in [-0.05, 0) is 0 Å². The van der Waals surface area contributed by atoms with E-state index in [-0.39, 0.29) is 49.1 Å². The second kappa shape index (κ2) is 31.7. The number of hydrogen-bond acceptors (Lipinski definition) is 0. The summed E-state index contributed by atoms with van der Waals surface area (Å²) in [6.45, 7) is 0. The molecule has 0 aromatic carbocycles. The third-order valence-electron chi connectivity index (χ3n) is 0. The van der Waals surface area contributed by atoms with Gasteiger partial charge in [0.05, 0.1) is 0 Å². The van der Waals surface area contributed by atoms with Crippen molar-refractivity contribution in [3.8, 4) is 0 Å². The first kappa shape index (κ1) is 68.7. The third kappa shape index (κ3) is 11.1. The summed E-state index contributed by atoms with van der Waals surface area (Å²) >= 11 is 0. The molecule has 0 atom stereocenters. The Hall–Kier alpha value is 1.13. The van der Waals surface area contributed by atoms with Crippen molar-refractivity contribution >= 4 is 0 Å². The average Bonchev–Trinajstić information content (AvgIpc) is 0. The Balaban J connectivity index is 0. The SMILES string of the molecule is [Mn+2].[O-2].[O-2].[Pt+2]. The van der Waals surface area contributed by atoms with Crippen LogP contribution in [0, 0.1) is 0 Å². The second-order valence-electron chi connectivity index (χ2n) is 0. The zero-order valence-corrected chi connectivity index (χ0v) is 4.96. The summed E-state index contributed by atoms with van der Waals surface area (Å²) in [4.78, 5) is 0. The summed E-state index contributed by atoms with van der Waals surface area (Å²) in [5.41, 5.74) is 0. The Labute approximate surface area is 49.3 Å². The molecule has 2 nitrogen and oxygen atoms in total. The van der Waals surface area contributed by atoms with E-state index < -0.39 is 0 Å². The first-order valence-corrected chi connectivity index (χ1v) is 0. The quantitative estimate of drug-likeness (QED) is 0.551. The Kier molecular flexibility index (Phi) is 545. The molecule has 0 aliphatic heterocycles. The predicted octanol–water partition coefficient (Wildman–Crippen LogP) is -0.243. The maximum atomic E-state index is 0. The predicted molar refractivity (Wildman–Crippen MR) is 1.37 cm³/mol. The van der Waals surface area contributed by atoms with E-state index in [2.05, 4.69) is 0 Å². The molecule has 29 valence electrons. The fourth-order valence-electron chi connectivity index (χ4n) is 0. The molecule has 4 heteroatoms. The van der Waals surface area contributed by atoms with Crippen molar-refractivity contribution in [2.24, 2.45) is 0 Å². The van der Waals surface area contributed by atoms with Crippen molar-refractivity contribution < 1.29 is 49.1 Å². The molecule has 0 N–H and O–H groups in total. The van der Waals surface area contributed by atoms with Gasteiger partial charge in [-0.25, -0.2) is 0 Å². The summed E-state index contributed by atoms with van der Waals surface area (Å²) in [5.74, 6) is 0. The molecule has 0 heterocycles. The molecule has 0 unspecified atom stereocenters. The number of hydrogen-bond donors (Lipinski definition) is 0. The molecular formula is MnO2Pt. The van der Waals surface area contributed by atoms with Crippen LogP contribution in [-0.2, 0) is 49.1 Å². The van der Waals surface area contributed by atoms with E-state index >= 15 is 0 Å². The largest absolute Gasteiger partial charge is 2.00 e. The van der Waals surface area contributed by atoms with E-state index in [1.165, 1.54) is 0 Å². The van der Waals surface area contributed by atoms with Gasteiger partial charge < -0.3 is 11.0 Å². The van der Waals surface area contributed by atoms with Gasteiger partial charge in [0.15, 0.2) is 0 Å². The minimum absolute atomic E-state index is 0. The van der Waals surface area contributed by atoms with Gasteiger partial charge >= 0.3 is 38.1 Å². The van der Waals surface area contributed by atoms with Crippen LogP contribution in [0.15, 0.2) is 0 Å². The van der Waals surface area contributed by atoms with Crippen LogP contribution in [0.4, 0.5) is 0 Å². The van der Waals surface area contributed by atoms with Gasteiger partial charge in [0.2, 0.25) is 0 Å². The standard InChI is InChI=1S/Mn.2O.Pt/q+2;2*-2;+2. The maximum absolute atomic E-state index is 0. The van der Waals surface area contributed by atoms with Crippen LogP contribution in [0.5, 0.6) is 0 Å². The van der Waals surface area contributed by atoms with Crippen molar-refractivity contribution in [3.63, 3.8) is 0 Å². The third-order valence-corrected chi connectivity index (χ3v) is 0. The summed E-state index contributed by atoms with van der Waals surface area (Å²) in [6, 6.07) is 0. The van der Waals surface area contributed by atoms with Crippen molar-refractivity contribution in [3.05, 3.63) is 0 Å². The zero-order chi connectivity index (χ0) is 0. The van der Waals surface area contributed by atoms with Crippen molar-refractivity contribution in [1.29, 1.82) is 0 Å². The Bertz CT molecular complexity index is 6.00. The molecule has 0 amide bonds. The van der Waals surface area contributed by atoms with Gasteiger partial charge in [0, 0.05) is 0 Å². The van der Waals surface area contributed by atoms with E-state index in [0.717, 1.165) is 0 Å². The Morgan fingerprint density at radius 1 is 0.750 bits per heavy atom. The Morgan fingerprint density at radius 2 is 0.750 bits per heavy atom. The van der Waals surface area contributed by atoms with Gasteiger partial charge in [-0.15, -0.1) is 0 Å². The summed E-state index contributed by atoms with van der Waals surface area (Å²) in [7, 11) is 0.